The molecule has 2 aromatic heterocycles. The van der Waals surface area contributed by atoms with E-state index in [0.717, 1.165) is 27.5 Å². The van der Waals surface area contributed by atoms with E-state index >= 15 is 0 Å². The number of hydrogen-bond donors (Lipinski definition) is 1. The number of aromatic nitrogens is 3. The van der Waals surface area contributed by atoms with Crippen molar-refractivity contribution >= 4 is 32.7 Å². The van der Waals surface area contributed by atoms with Crippen molar-refractivity contribution in [1.29, 1.82) is 0 Å². The zero-order valence-electron chi connectivity index (χ0n) is 17.8. The van der Waals surface area contributed by atoms with Crippen molar-refractivity contribution in [2.45, 2.75) is 17.7 Å². The van der Waals surface area contributed by atoms with Crippen LogP contribution in [-0.4, -0.2) is 46.8 Å². The highest BCUT2D eigenvalue weighted by Gasteiger charge is 2.20. The fourth-order valence-electron chi connectivity index (χ4n) is 3.34. The van der Waals surface area contributed by atoms with Crippen LogP contribution in [0.25, 0.3) is 16.9 Å². The molecule has 2 aromatic carbocycles. The Hall–Kier alpha value is -3.63. The molecule has 0 radical (unpaired) electrons. The summed E-state index contributed by atoms with van der Waals surface area (Å²) in [6.07, 6.45) is 3.72. The first-order valence-corrected chi connectivity index (χ1v) is 11.7. The zero-order valence-corrected chi connectivity index (χ0v) is 18.7. The van der Waals surface area contributed by atoms with E-state index in [2.05, 4.69) is 15.3 Å². The van der Waals surface area contributed by atoms with Gasteiger partial charge in [0.25, 0.3) is 0 Å². The lowest BCUT2D eigenvalue weighted by atomic mass is 10.3. The summed E-state index contributed by atoms with van der Waals surface area (Å²) >= 11 is 0. The lowest BCUT2D eigenvalue weighted by Gasteiger charge is -2.17. The largest absolute Gasteiger partial charge is 0.325 e. The summed E-state index contributed by atoms with van der Waals surface area (Å²) in [5.74, 6) is -0.0753. The molecule has 0 saturated heterocycles. The minimum atomic E-state index is -3.74. The Bertz CT molecular complexity index is 1370. The number of carbonyl (C=O) groups is 1. The van der Waals surface area contributed by atoms with Crippen molar-refractivity contribution in [2.75, 3.05) is 18.9 Å². The van der Waals surface area contributed by atoms with Crippen LogP contribution in [0.3, 0.4) is 0 Å². The molecule has 0 aliphatic heterocycles. The highest BCUT2D eigenvalue weighted by molar-refractivity contribution is 7.89. The molecule has 0 aliphatic rings. The van der Waals surface area contributed by atoms with E-state index in [-0.39, 0.29) is 23.8 Å². The van der Waals surface area contributed by atoms with Gasteiger partial charge in [-0.25, -0.2) is 27.1 Å². The van der Waals surface area contributed by atoms with Crippen LogP contribution in [0, 0.1) is 5.82 Å². The van der Waals surface area contributed by atoms with Crippen molar-refractivity contribution in [3.05, 3.63) is 79.0 Å². The van der Waals surface area contributed by atoms with Crippen LogP contribution in [0.15, 0.2) is 78.1 Å². The molecule has 33 heavy (non-hydrogen) atoms. The Balaban J connectivity index is 1.30. The van der Waals surface area contributed by atoms with Crippen LogP contribution in [0.1, 0.15) is 12.8 Å². The third kappa shape index (κ3) is 5.07. The van der Waals surface area contributed by atoms with Crippen molar-refractivity contribution in [3.63, 3.8) is 0 Å². The van der Waals surface area contributed by atoms with Crippen LogP contribution in [0.4, 0.5) is 10.1 Å². The maximum absolute atomic E-state index is 13.0. The minimum absolute atomic E-state index is 0.00712. The van der Waals surface area contributed by atoms with E-state index in [1.165, 1.54) is 19.2 Å². The van der Waals surface area contributed by atoms with Gasteiger partial charge >= 0.3 is 0 Å². The van der Waals surface area contributed by atoms with Crippen molar-refractivity contribution in [1.82, 2.24) is 18.8 Å². The Morgan fingerprint density at radius 2 is 1.82 bits per heavy atom. The van der Waals surface area contributed by atoms with E-state index < -0.39 is 15.8 Å². The van der Waals surface area contributed by atoms with Crippen LogP contribution in [0.5, 0.6) is 0 Å². The maximum atomic E-state index is 13.0. The number of sulfonamides is 1. The zero-order chi connectivity index (χ0) is 23.4. The monoisotopic (exact) mass is 467 g/mol. The van der Waals surface area contributed by atoms with E-state index in [9.17, 15) is 17.6 Å². The fourth-order valence-corrected chi connectivity index (χ4v) is 4.55. The molecule has 1 N–H and O–H groups in total. The molecule has 0 saturated carbocycles. The predicted molar refractivity (Wildman–Crippen MR) is 123 cm³/mol. The molecule has 0 fully saturated rings. The Kier molecular flexibility index (Phi) is 6.47. The van der Waals surface area contributed by atoms with Gasteiger partial charge in [0.2, 0.25) is 15.9 Å². The second-order valence-corrected chi connectivity index (χ2v) is 9.49. The number of fused-ring (bicyclic) bond motifs is 1. The number of para-hydroxylation sites is 2. The van der Waals surface area contributed by atoms with Gasteiger partial charge < -0.3 is 5.32 Å². The standard InChI is InChI=1S/C23H22FN5O3S/c1-28(33(31,32)19-11-8-17(24)9-12-19)14-4-7-23(30)27-18-10-13-22(25-15-18)29-16-26-20-5-2-3-6-21(20)29/h2-3,5-6,8-13,15-16H,4,7,14H2,1H3,(H,27,30). The molecule has 0 bridgehead atoms. The number of amides is 1. The van der Waals surface area contributed by atoms with Gasteiger partial charge in [-0.2, -0.15) is 0 Å². The van der Waals surface area contributed by atoms with Crippen LogP contribution in [-0.2, 0) is 14.8 Å². The van der Waals surface area contributed by atoms with Gasteiger partial charge in [-0.1, -0.05) is 12.1 Å². The highest BCUT2D eigenvalue weighted by atomic mass is 32.2. The summed E-state index contributed by atoms with van der Waals surface area (Å²) < 4.78 is 41.1. The van der Waals surface area contributed by atoms with Crippen LogP contribution in [0.2, 0.25) is 0 Å². The number of nitrogens with one attached hydrogen (secondary N) is 1. The first kappa shape index (κ1) is 22.6. The Morgan fingerprint density at radius 1 is 1.06 bits per heavy atom. The number of nitrogens with zero attached hydrogens (tertiary/aromatic N) is 4. The third-order valence-corrected chi connectivity index (χ3v) is 7.00. The highest BCUT2D eigenvalue weighted by Crippen LogP contribution is 2.18. The molecule has 0 aliphatic carbocycles. The summed E-state index contributed by atoms with van der Waals surface area (Å²) in [5, 5.41) is 2.77. The van der Waals surface area contributed by atoms with Gasteiger partial charge in [0.15, 0.2) is 0 Å². The SMILES string of the molecule is CN(CCCC(=O)Nc1ccc(-n2cnc3ccccc32)nc1)S(=O)(=O)c1ccc(F)cc1. The van der Waals surface area contributed by atoms with Crippen molar-refractivity contribution in [2.24, 2.45) is 0 Å². The van der Waals surface area contributed by atoms with Crippen LogP contribution < -0.4 is 5.32 Å². The smallest absolute Gasteiger partial charge is 0.242 e. The maximum Gasteiger partial charge on any atom is 0.242 e. The number of carbonyl (C=O) groups excluding carboxylic acids is 1. The summed E-state index contributed by atoms with van der Waals surface area (Å²) in [5.41, 5.74) is 2.34. The van der Waals surface area contributed by atoms with E-state index in [1.54, 1.807) is 24.7 Å². The Morgan fingerprint density at radius 3 is 2.55 bits per heavy atom. The van der Waals surface area contributed by atoms with Gasteiger partial charge in [0, 0.05) is 20.0 Å². The van der Waals surface area contributed by atoms with Gasteiger partial charge in [-0.05, 0) is 55.0 Å². The average Bonchev–Trinajstić information content (AvgIpc) is 3.24. The summed E-state index contributed by atoms with van der Waals surface area (Å²) in [6.45, 7) is 0.151. The Labute approximate surface area is 190 Å². The molecule has 10 heteroatoms. The molecule has 170 valence electrons. The number of halogens is 1. The quantitative estimate of drug-likeness (QED) is 0.427. The molecule has 0 unspecified atom stereocenters. The fraction of sp³-hybridized carbons (Fsp3) is 0.174. The number of rotatable bonds is 8. The van der Waals surface area contributed by atoms with Gasteiger partial charge in [0.1, 0.15) is 18.0 Å². The molecule has 1 amide bonds. The molecular formula is C23H22FN5O3S. The first-order chi connectivity index (χ1) is 15.8. The summed E-state index contributed by atoms with van der Waals surface area (Å²) in [7, 11) is -2.31. The molecule has 0 atom stereocenters. The summed E-state index contributed by atoms with van der Waals surface area (Å²) in [6, 6.07) is 15.9. The first-order valence-electron chi connectivity index (χ1n) is 10.2. The van der Waals surface area contributed by atoms with E-state index in [0.29, 0.717) is 17.9 Å². The molecule has 4 rings (SSSR count). The van der Waals surface area contributed by atoms with Gasteiger partial charge in [0.05, 0.1) is 27.8 Å². The number of imidazole rings is 1. The van der Waals surface area contributed by atoms with Crippen molar-refractivity contribution in [3.8, 4) is 5.82 Å². The normalized spacial score (nSPS) is 11.7. The minimum Gasteiger partial charge on any atom is -0.325 e. The number of pyridine rings is 1. The number of hydrogen-bond acceptors (Lipinski definition) is 5. The molecule has 8 nitrogen and oxygen atoms in total. The lowest BCUT2D eigenvalue weighted by molar-refractivity contribution is -0.116. The number of benzene rings is 2. The molecule has 2 heterocycles. The summed E-state index contributed by atoms with van der Waals surface area (Å²) in [4.78, 5) is 21.0. The second-order valence-electron chi connectivity index (χ2n) is 7.44. The molecule has 4 aromatic rings. The topological polar surface area (TPSA) is 97.2 Å². The van der Waals surface area contributed by atoms with E-state index in [4.69, 9.17) is 0 Å². The second kappa shape index (κ2) is 9.47. The molecular weight excluding hydrogens is 445 g/mol. The van der Waals surface area contributed by atoms with Gasteiger partial charge in [-0.3, -0.25) is 9.36 Å². The average molecular weight is 468 g/mol. The van der Waals surface area contributed by atoms with Crippen LogP contribution >= 0.6 is 0 Å². The third-order valence-electron chi connectivity index (χ3n) is 5.13. The number of anilines is 1. The molecule has 0 spiro atoms. The predicted octanol–water partition coefficient (Wildman–Crippen LogP) is 3.60. The van der Waals surface area contributed by atoms with Crippen molar-refractivity contribution < 1.29 is 17.6 Å². The lowest BCUT2D eigenvalue weighted by Crippen LogP contribution is -2.28. The van der Waals surface area contributed by atoms with Gasteiger partial charge in [-0.15, -0.1) is 0 Å². The van der Waals surface area contributed by atoms with E-state index in [1.807, 2.05) is 28.8 Å².